The number of phenolic OH excluding ortho intramolecular Hbond substituents is 1. The molecular formula is C42H27F2N3O3. The van der Waals surface area contributed by atoms with Crippen LogP contribution in [0.3, 0.4) is 0 Å². The quantitative estimate of drug-likeness (QED) is 0.148. The van der Waals surface area contributed by atoms with Gasteiger partial charge in [-0.3, -0.25) is 10.1 Å². The lowest BCUT2D eigenvalue weighted by atomic mass is 9.84. The Kier molecular flexibility index (Phi) is 6.67. The van der Waals surface area contributed by atoms with Crippen molar-refractivity contribution in [3.05, 3.63) is 166 Å². The van der Waals surface area contributed by atoms with E-state index in [4.69, 9.17) is 0 Å². The van der Waals surface area contributed by atoms with Crippen molar-refractivity contribution in [3.63, 3.8) is 0 Å². The first-order chi connectivity index (χ1) is 24.4. The predicted octanol–water partition coefficient (Wildman–Crippen LogP) is 11.3. The van der Waals surface area contributed by atoms with Crippen molar-refractivity contribution in [2.45, 2.75) is 12.8 Å². The zero-order chi connectivity index (χ0) is 34.1. The third-order valence-electron chi connectivity index (χ3n) is 9.73. The molecule has 6 nitrogen and oxygen atoms in total. The van der Waals surface area contributed by atoms with E-state index in [2.05, 4.69) is 0 Å². The topological polar surface area (TPSA) is 73.2 Å². The van der Waals surface area contributed by atoms with E-state index in [-0.39, 0.29) is 46.6 Å². The first kappa shape index (κ1) is 29.6. The first-order valence-electron chi connectivity index (χ1n) is 16.3. The Labute approximate surface area is 284 Å². The Balaban J connectivity index is 1.28. The van der Waals surface area contributed by atoms with E-state index in [0.717, 1.165) is 43.6 Å². The Morgan fingerprint density at radius 3 is 1.36 bits per heavy atom. The number of fused-ring (bicyclic) bond motifs is 6. The summed E-state index contributed by atoms with van der Waals surface area (Å²) in [7, 11) is 0. The number of para-hydroxylation sites is 4. The summed E-state index contributed by atoms with van der Waals surface area (Å²) in [6.07, 6.45) is -0.515. The molecular weight excluding hydrogens is 632 g/mol. The molecule has 2 heterocycles. The molecule has 0 fully saturated rings. The summed E-state index contributed by atoms with van der Waals surface area (Å²) in [5.74, 6) is -1.62. The maximum atomic E-state index is 16.4. The molecule has 8 heteroatoms. The molecule has 1 aliphatic rings. The smallest absolute Gasteiger partial charge is 0.277 e. The first-order valence-corrected chi connectivity index (χ1v) is 16.3. The second kappa shape index (κ2) is 11.3. The largest absolute Gasteiger partial charge is 0.507 e. The highest BCUT2D eigenvalue weighted by molar-refractivity contribution is 6.12. The van der Waals surface area contributed by atoms with Gasteiger partial charge in [-0.15, -0.1) is 0 Å². The Morgan fingerprint density at radius 2 is 0.920 bits per heavy atom. The van der Waals surface area contributed by atoms with Gasteiger partial charge < -0.3 is 14.2 Å². The van der Waals surface area contributed by atoms with Gasteiger partial charge in [0.1, 0.15) is 17.4 Å². The number of allylic oxidation sites excluding steroid dienone is 4. The fourth-order valence-electron chi connectivity index (χ4n) is 7.59. The van der Waals surface area contributed by atoms with E-state index in [0.29, 0.717) is 11.4 Å². The lowest BCUT2D eigenvalue weighted by Crippen LogP contribution is -2.07. The molecule has 1 aliphatic carbocycles. The number of nitrogens with zero attached hydrogens (tertiary/aromatic N) is 3. The number of aromatic nitrogens is 2. The van der Waals surface area contributed by atoms with Crippen molar-refractivity contribution in [1.29, 1.82) is 0 Å². The minimum absolute atomic E-state index is 0.0447. The Hall–Kier alpha value is -6.54. The molecule has 0 aliphatic heterocycles. The highest BCUT2D eigenvalue weighted by Crippen LogP contribution is 2.49. The van der Waals surface area contributed by atoms with Gasteiger partial charge in [0, 0.05) is 68.5 Å². The van der Waals surface area contributed by atoms with E-state index in [9.17, 15) is 15.2 Å². The van der Waals surface area contributed by atoms with Gasteiger partial charge >= 0.3 is 0 Å². The second-order valence-electron chi connectivity index (χ2n) is 12.5. The molecule has 0 amide bonds. The number of rotatable bonds is 5. The molecule has 242 valence electrons. The van der Waals surface area contributed by atoms with E-state index in [1.165, 1.54) is 12.1 Å². The fourth-order valence-corrected chi connectivity index (χ4v) is 7.59. The van der Waals surface area contributed by atoms with Gasteiger partial charge in [0.15, 0.2) is 0 Å². The van der Waals surface area contributed by atoms with Crippen molar-refractivity contribution in [2.24, 2.45) is 0 Å². The summed E-state index contributed by atoms with van der Waals surface area (Å²) in [6.45, 7) is 0. The van der Waals surface area contributed by atoms with Crippen LogP contribution >= 0.6 is 0 Å². The molecule has 1 N–H and O–H groups in total. The second-order valence-corrected chi connectivity index (χ2v) is 12.5. The van der Waals surface area contributed by atoms with Crippen LogP contribution < -0.4 is 0 Å². The number of halogens is 2. The minimum atomic E-state index is -0.689. The third-order valence-corrected chi connectivity index (χ3v) is 9.73. The summed E-state index contributed by atoms with van der Waals surface area (Å²) in [5, 5.41) is 27.9. The summed E-state index contributed by atoms with van der Waals surface area (Å²) in [5.41, 5.74) is 3.88. The Morgan fingerprint density at radius 1 is 0.540 bits per heavy atom. The highest BCUT2D eigenvalue weighted by Gasteiger charge is 2.32. The lowest BCUT2D eigenvalue weighted by molar-refractivity contribution is -0.385. The average Bonchev–Trinajstić information content (AvgIpc) is 3.66. The molecule has 2 aromatic heterocycles. The highest BCUT2D eigenvalue weighted by atomic mass is 19.1. The normalized spacial score (nSPS) is 13.7. The van der Waals surface area contributed by atoms with Gasteiger partial charge in [-0.05, 0) is 54.6 Å². The van der Waals surface area contributed by atoms with E-state index in [1.54, 1.807) is 24.3 Å². The maximum Gasteiger partial charge on any atom is 0.277 e. The fraction of sp³-hybridized carbons (Fsp3) is 0.0476. The van der Waals surface area contributed by atoms with Crippen LogP contribution in [0, 0.1) is 10.1 Å². The maximum absolute atomic E-state index is 16.4. The number of nitro benzene ring substituents is 1. The van der Waals surface area contributed by atoms with Crippen molar-refractivity contribution >= 4 is 60.4 Å². The van der Waals surface area contributed by atoms with Crippen LogP contribution in [0.25, 0.3) is 66.1 Å². The summed E-state index contributed by atoms with van der Waals surface area (Å²) >= 11 is 0. The van der Waals surface area contributed by atoms with Crippen LogP contribution in [0.15, 0.2) is 145 Å². The van der Waals surface area contributed by atoms with Gasteiger partial charge in [0.2, 0.25) is 0 Å². The molecule has 0 spiro atoms. The minimum Gasteiger partial charge on any atom is -0.507 e. The SMILES string of the molecule is O=[N+]([O-])c1ccc(-n2c3ccccc3c3ccccc32)cc1C1=C(F)CCC(F)=C1c1cc(-n2c3ccccc3c3ccccc32)ccc1O. The average molecular weight is 660 g/mol. The molecule has 0 unspecified atom stereocenters. The molecule has 50 heavy (non-hydrogen) atoms. The van der Waals surface area contributed by atoms with E-state index in [1.807, 2.05) is 106 Å². The molecule has 0 bridgehead atoms. The number of phenols is 1. The molecule has 8 aromatic rings. The monoisotopic (exact) mass is 659 g/mol. The van der Waals surface area contributed by atoms with Crippen LogP contribution in [0.2, 0.25) is 0 Å². The number of hydrogen-bond donors (Lipinski definition) is 1. The third kappa shape index (κ3) is 4.38. The predicted molar refractivity (Wildman–Crippen MR) is 195 cm³/mol. The molecule has 9 rings (SSSR count). The van der Waals surface area contributed by atoms with Gasteiger partial charge in [0.05, 0.1) is 32.6 Å². The zero-order valence-corrected chi connectivity index (χ0v) is 26.5. The number of aromatic hydroxyl groups is 1. The number of benzene rings is 6. The van der Waals surface area contributed by atoms with Crippen molar-refractivity contribution in [1.82, 2.24) is 9.13 Å². The van der Waals surface area contributed by atoms with Crippen molar-refractivity contribution in [2.75, 3.05) is 0 Å². The van der Waals surface area contributed by atoms with Crippen LogP contribution in [0.5, 0.6) is 5.75 Å². The van der Waals surface area contributed by atoms with Crippen LogP contribution in [-0.2, 0) is 0 Å². The molecule has 0 radical (unpaired) electrons. The van der Waals surface area contributed by atoms with Gasteiger partial charge in [-0.25, -0.2) is 8.78 Å². The van der Waals surface area contributed by atoms with Crippen LogP contribution in [0.1, 0.15) is 24.0 Å². The standard InChI is InChI=1S/C42H27F2N3O3/c43-33-19-20-34(44)42(32-24-26(18-22-40(32)48)46-37-15-7-3-11-29(37)30-12-4-8-16-38(30)46)41(33)31-23-25(17-21-39(31)47(49)50)45-35-13-5-1-9-27(35)28-10-2-6-14-36(28)45/h1-18,21-24,48H,19-20H2. The number of hydrogen-bond acceptors (Lipinski definition) is 3. The molecule has 0 atom stereocenters. The van der Waals surface area contributed by atoms with Crippen LogP contribution in [-0.4, -0.2) is 19.2 Å². The lowest BCUT2D eigenvalue weighted by Gasteiger charge is -2.22. The van der Waals surface area contributed by atoms with E-state index < -0.39 is 16.6 Å². The van der Waals surface area contributed by atoms with Crippen LogP contribution in [0.4, 0.5) is 14.5 Å². The van der Waals surface area contributed by atoms with Crippen molar-refractivity contribution < 1.29 is 18.8 Å². The Bertz CT molecular complexity index is 2680. The van der Waals surface area contributed by atoms with Gasteiger partial charge in [-0.2, -0.15) is 0 Å². The number of nitro groups is 1. The summed E-state index contributed by atoms with van der Waals surface area (Å²) < 4.78 is 36.6. The van der Waals surface area contributed by atoms with Gasteiger partial charge in [0.25, 0.3) is 5.69 Å². The molecule has 6 aromatic carbocycles. The van der Waals surface area contributed by atoms with Gasteiger partial charge in [-0.1, -0.05) is 72.8 Å². The molecule has 0 saturated heterocycles. The summed E-state index contributed by atoms with van der Waals surface area (Å²) in [6, 6.07) is 40.8. The van der Waals surface area contributed by atoms with Crippen molar-refractivity contribution in [3.8, 4) is 17.1 Å². The zero-order valence-electron chi connectivity index (χ0n) is 26.5. The van der Waals surface area contributed by atoms with E-state index >= 15 is 8.78 Å². The molecule has 0 saturated carbocycles. The summed E-state index contributed by atoms with van der Waals surface area (Å²) in [4.78, 5) is 12.0.